The molecular formula is C49H55N9O7. The number of carbonyl (C=O) groups excluding carboxylic acids is 4. The highest BCUT2D eigenvalue weighted by atomic mass is 16.5. The van der Waals surface area contributed by atoms with Gasteiger partial charge in [-0.25, -0.2) is 19.6 Å². The maximum absolute atomic E-state index is 13.8. The van der Waals surface area contributed by atoms with E-state index in [4.69, 9.17) is 24.2 Å². The van der Waals surface area contributed by atoms with Crippen molar-refractivity contribution in [3.05, 3.63) is 102 Å². The Hall–Kier alpha value is -7.10. The van der Waals surface area contributed by atoms with Crippen LogP contribution in [0.5, 0.6) is 5.75 Å². The van der Waals surface area contributed by atoms with E-state index in [9.17, 15) is 19.2 Å². The fourth-order valence-electron chi connectivity index (χ4n) is 9.58. The Kier molecular flexibility index (Phi) is 11.8. The third kappa shape index (κ3) is 8.17. The molecule has 16 nitrogen and oxygen atoms in total. The van der Waals surface area contributed by atoms with Crippen LogP contribution in [0.2, 0.25) is 0 Å². The van der Waals surface area contributed by atoms with Crippen LogP contribution in [0.15, 0.2) is 85.2 Å². The van der Waals surface area contributed by atoms with E-state index in [-0.39, 0.29) is 35.7 Å². The Labute approximate surface area is 377 Å². The molecule has 3 aromatic heterocycles. The number of ether oxygens (including phenoxy) is 3. The van der Waals surface area contributed by atoms with Gasteiger partial charge in [0.1, 0.15) is 29.5 Å². The molecule has 0 spiro atoms. The number of hydrogen-bond acceptors (Lipinski definition) is 9. The molecule has 65 heavy (non-hydrogen) atoms. The number of likely N-dealkylation sites (tertiary alicyclic amines) is 2. The zero-order valence-electron chi connectivity index (χ0n) is 37.5. The van der Waals surface area contributed by atoms with E-state index in [1.807, 2.05) is 74.0 Å². The molecule has 0 bridgehead atoms. The number of nitrogens with one attached hydrogen (secondary N) is 4. The molecule has 338 valence electrons. The highest BCUT2D eigenvalue weighted by Crippen LogP contribution is 2.46. The number of fused-ring (bicyclic) bond motifs is 5. The molecule has 9 rings (SSSR count). The molecule has 5 atom stereocenters. The van der Waals surface area contributed by atoms with Gasteiger partial charge in [-0.3, -0.25) is 9.59 Å². The van der Waals surface area contributed by atoms with Crippen LogP contribution in [0, 0.1) is 11.8 Å². The van der Waals surface area contributed by atoms with Crippen LogP contribution in [0.25, 0.3) is 44.8 Å². The predicted octanol–water partition coefficient (Wildman–Crippen LogP) is 8.12. The number of imidazole rings is 2. The SMILES string of the molecule is COC(=O)N[C@H](C(=O)N1CCCC1c1cnc(-c2ccc3c(c2)O[C@@H](c2ccccc2)n2c-3cc3cc(-c4cnc([C@@H]5CCCN5C(=O)[C@@H](NC(=O)OC)C(C)C)[nH]4)ccc32)[nH]1)C(C)C. The van der Waals surface area contributed by atoms with Crippen molar-refractivity contribution in [3.63, 3.8) is 0 Å². The minimum absolute atomic E-state index is 0.128. The van der Waals surface area contributed by atoms with Crippen molar-refractivity contribution in [2.24, 2.45) is 11.8 Å². The Morgan fingerprint density at radius 1 is 0.738 bits per heavy atom. The minimum atomic E-state index is -0.714. The first-order valence-corrected chi connectivity index (χ1v) is 22.4. The third-order valence-electron chi connectivity index (χ3n) is 13.0. The fraction of sp³-hybridized carbons (Fsp3) is 0.388. The molecule has 2 fully saturated rings. The van der Waals surface area contributed by atoms with Crippen LogP contribution >= 0.6 is 0 Å². The second-order valence-corrected chi connectivity index (χ2v) is 17.7. The molecule has 3 aliphatic rings. The Morgan fingerprint density at radius 2 is 1.38 bits per heavy atom. The highest BCUT2D eigenvalue weighted by molar-refractivity contribution is 5.93. The topological polar surface area (TPSA) is 189 Å². The number of aromatic nitrogens is 5. The van der Waals surface area contributed by atoms with E-state index in [1.54, 1.807) is 6.20 Å². The molecule has 4 amide bonds. The molecule has 6 heterocycles. The number of aromatic amines is 2. The van der Waals surface area contributed by atoms with Gasteiger partial charge in [0, 0.05) is 40.7 Å². The van der Waals surface area contributed by atoms with Crippen molar-refractivity contribution in [2.45, 2.75) is 83.8 Å². The van der Waals surface area contributed by atoms with E-state index >= 15 is 0 Å². The molecule has 16 heteroatoms. The molecule has 3 aliphatic heterocycles. The Bertz CT molecular complexity index is 2740. The summed E-state index contributed by atoms with van der Waals surface area (Å²) in [4.78, 5) is 72.0. The Balaban J connectivity index is 1.00. The first-order chi connectivity index (χ1) is 31.4. The molecule has 0 saturated carbocycles. The summed E-state index contributed by atoms with van der Waals surface area (Å²) in [5.74, 6) is 1.52. The smallest absolute Gasteiger partial charge is 0.407 e. The summed E-state index contributed by atoms with van der Waals surface area (Å²) in [5, 5.41) is 6.46. The zero-order valence-corrected chi connectivity index (χ0v) is 37.5. The van der Waals surface area contributed by atoms with Gasteiger partial charge < -0.3 is 49.2 Å². The largest absolute Gasteiger partial charge is 0.465 e. The summed E-state index contributed by atoms with van der Waals surface area (Å²) in [5.41, 5.74) is 7.39. The van der Waals surface area contributed by atoms with E-state index in [2.05, 4.69) is 67.6 Å². The second kappa shape index (κ2) is 17.8. The molecule has 3 aromatic carbocycles. The summed E-state index contributed by atoms with van der Waals surface area (Å²) in [6.45, 7) is 8.77. The number of carbonyl (C=O) groups is 4. The number of rotatable bonds is 11. The average Bonchev–Trinajstić information content (AvgIpc) is 4.18. The summed E-state index contributed by atoms with van der Waals surface area (Å²) in [6.07, 6.45) is 5.08. The maximum Gasteiger partial charge on any atom is 0.407 e. The van der Waals surface area contributed by atoms with Gasteiger partial charge in [0.15, 0.2) is 0 Å². The van der Waals surface area contributed by atoms with Gasteiger partial charge in [0.2, 0.25) is 18.0 Å². The van der Waals surface area contributed by atoms with Crippen molar-refractivity contribution in [3.8, 4) is 39.7 Å². The summed E-state index contributed by atoms with van der Waals surface area (Å²) in [7, 11) is 2.58. The van der Waals surface area contributed by atoms with Gasteiger partial charge in [-0.1, -0.05) is 70.2 Å². The standard InChI is InChI=1S/C49H55N9O7/c1-27(2)41(54-48(61)63-5)45(59)56-20-10-14-37(56)35-26-50-43(53-35)31-16-18-33-39-23-32-22-30(17-19-36(32)58(39)47(65-40(33)24-31)29-12-8-7-9-13-29)34-25-51-44(52-34)38-15-11-21-57(38)46(60)42(28(3)4)55-49(62)64-6/h7-9,12-13,16-19,22-28,37-38,41-42,47H,10-11,14-15,20-21H2,1-6H3,(H,50,53)(H,51,52)(H,54,61)(H,55,62)/t37?,38-,41-,42-,47-/m0/s1. The van der Waals surface area contributed by atoms with E-state index in [0.717, 1.165) is 75.9 Å². The molecule has 6 aromatic rings. The van der Waals surface area contributed by atoms with E-state index < -0.39 is 30.5 Å². The maximum atomic E-state index is 13.8. The molecule has 0 aliphatic carbocycles. The van der Waals surface area contributed by atoms with E-state index in [1.165, 1.54) is 14.2 Å². The molecular weight excluding hydrogens is 827 g/mol. The van der Waals surface area contributed by atoms with E-state index in [0.29, 0.717) is 30.5 Å². The lowest BCUT2D eigenvalue weighted by atomic mass is 10.0. The Morgan fingerprint density at radius 3 is 2.05 bits per heavy atom. The quantitative estimate of drug-likeness (QED) is 0.0997. The molecule has 4 N–H and O–H groups in total. The second-order valence-electron chi connectivity index (χ2n) is 17.7. The first kappa shape index (κ1) is 43.2. The van der Waals surface area contributed by atoms with Crippen molar-refractivity contribution in [1.82, 2.24) is 44.9 Å². The summed E-state index contributed by atoms with van der Waals surface area (Å²) >= 11 is 0. The van der Waals surface area contributed by atoms with Crippen LogP contribution in [-0.4, -0.2) is 97.7 Å². The van der Waals surface area contributed by atoms with Gasteiger partial charge in [0.25, 0.3) is 0 Å². The van der Waals surface area contributed by atoms with Gasteiger partial charge in [-0.05, 0) is 67.9 Å². The van der Waals surface area contributed by atoms with Crippen LogP contribution in [-0.2, 0) is 19.1 Å². The number of nitrogens with zero attached hydrogens (tertiary/aromatic N) is 5. The number of benzene rings is 3. The van der Waals surface area contributed by atoms with Gasteiger partial charge in [-0.2, -0.15) is 0 Å². The number of amides is 4. The minimum Gasteiger partial charge on any atom is -0.465 e. The average molecular weight is 882 g/mol. The summed E-state index contributed by atoms with van der Waals surface area (Å²) < 4.78 is 18.8. The number of H-pyrrole nitrogens is 2. The van der Waals surface area contributed by atoms with Crippen LogP contribution < -0.4 is 15.4 Å². The third-order valence-corrected chi connectivity index (χ3v) is 13.0. The molecule has 0 radical (unpaired) electrons. The van der Waals surface area contributed by atoms with Crippen molar-refractivity contribution >= 4 is 34.9 Å². The number of methoxy groups -OCH3 is 2. The van der Waals surface area contributed by atoms with Crippen molar-refractivity contribution in [2.75, 3.05) is 27.3 Å². The van der Waals surface area contributed by atoms with Crippen molar-refractivity contribution < 1.29 is 33.4 Å². The monoisotopic (exact) mass is 881 g/mol. The normalized spacial score (nSPS) is 18.9. The fourth-order valence-corrected chi connectivity index (χ4v) is 9.58. The highest BCUT2D eigenvalue weighted by Gasteiger charge is 2.39. The lowest BCUT2D eigenvalue weighted by Crippen LogP contribution is -2.51. The lowest BCUT2D eigenvalue weighted by Gasteiger charge is -2.30. The first-order valence-electron chi connectivity index (χ1n) is 22.4. The van der Waals surface area contributed by atoms with Crippen LogP contribution in [0.4, 0.5) is 9.59 Å². The van der Waals surface area contributed by atoms with Crippen LogP contribution in [0.3, 0.4) is 0 Å². The number of alkyl carbamates (subject to hydrolysis) is 2. The van der Waals surface area contributed by atoms with Gasteiger partial charge in [-0.15, -0.1) is 0 Å². The lowest BCUT2D eigenvalue weighted by molar-refractivity contribution is -0.136. The van der Waals surface area contributed by atoms with Crippen molar-refractivity contribution in [1.29, 1.82) is 0 Å². The molecule has 1 unspecified atom stereocenters. The van der Waals surface area contributed by atoms with Gasteiger partial charge >= 0.3 is 12.2 Å². The summed E-state index contributed by atoms with van der Waals surface area (Å²) in [6, 6.07) is 22.9. The van der Waals surface area contributed by atoms with Crippen LogP contribution in [0.1, 0.15) is 88.8 Å². The predicted molar refractivity (Wildman–Crippen MR) is 243 cm³/mol. The van der Waals surface area contributed by atoms with Gasteiger partial charge in [0.05, 0.1) is 61.3 Å². The zero-order chi connectivity index (χ0) is 45.5. The molecule has 2 saturated heterocycles. The number of hydrogen-bond donors (Lipinski definition) is 4.